The van der Waals surface area contributed by atoms with Gasteiger partial charge in [-0.05, 0) is 78.5 Å². The van der Waals surface area contributed by atoms with Crippen LogP contribution in [-0.2, 0) is 0 Å². The number of amides is 1. The van der Waals surface area contributed by atoms with Gasteiger partial charge in [-0.2, -0.15) is 0 Å². The van der Waals surface area contributed by atoms with Crippen LogP contribution in [0.25, 0.3) is 5.65 Å². The SMILES string of the molecule is Cc1cc(C)cc(NC(=O)c2c(C)nc3c(Br)cc(C)cn23)c1. The molecular formula is C18H18BrN3O. The molecule has 2 heterocycles. The van der Waals surface area contributed by atoms with Crippen molar-refractivity contribution in [2.75, 3.05) is 5.32 Å². The Labute approximate surface area is 143 Å². The van der Waals surface area contributed by atoms with Crippen LogP contribution in [0.3, 0.4) is 0 Å². The standard InChI is InChI=1S/C18H18BrN3O/c1-10-5-11(2)7-14(6-10)21-18(23)16-13(4)20-17-15(19)8-12(3)9-22(16)17/h5-9H,1-4H3,(H,21,23). The highest BCUT2D eigenvalue weighted by Gasteiger charge is 2.18. The molecule has 5 heteroatoms. The molecular weight excluding hydrogens is 354 g/mol. The number of carbonyl (C=O) groups is 1. The van der Waals surface area contributed by atoms with Crippen molar-refractivity contribution in [3.8, 4) is 0 Å². The van der Waals surface area contributed by atoms with Crippen molar-refractivity contribution < 1.29 is 4.79 Å². The maximum atomic E-state index is 12.8. The van der Waals surface area contributed by atoms with Crippen molar-refractivity contribution in [2.45, 2.75) is 27.7 Å². The van der Waals surface area contributed by atoms with Crippen LogP contribution in [0.4, 0.5) is 5.69 Å². The van der Waals surface area contributed by atoms with Crippen LogP contribution in [-0.4, -0.2) is 15.3 Å². The number of imidazole rings is 1. The van der Waals surface area contributed by atoms with Gasteiger partial charge in [0, 0.05) is 11.9 Å². The van der Waals surface area contributed by atoms with Gasteiger partial charge < -0.3 is 5.32 Å². The lowest BCUT2D eigenvalue weighted by atomic mass is 10.1. The minimum absolute atomic E-state index is 0.155. The van der Waals surface area contributed by atoms with Gasteiger partial charge in [-0.15, -0.1) is 0 Å². The summed E-state index contributed by atoms with van der Waals surface area (Å²) in [7, 11) is 0. The van der Waals surface area contributed by atoms with Crippen molar-refractivity contribution in [1.29, 1.82) is 0 Å². The molecule has 1 N–H and O–H groups in total. The maximum Gasteiger partial charge on any atom is 0.274 e. The lowest BCUT2D eigenvalue weighted by Gasteiger charge is -2.09. The molecule has 0 radical (unpaired) electrons. The van der Waals surface area contributed by atoms with E-state index in [-0.39, 0.29) is 5.91 Å². The lowest BCUT2D eigenvalue weighted by Crippen LogP contribution is -2.16. The lowest BCUT2D eigenvalue weighted by molar-refractivity contribution is 0.102. The number of benzene rings is 1. The van der Waals surface area contributed by atoms with E-state index < -0.39 is 0 Å². The number of halogens is 1. The predicted octanol–water partition coefficient (Wildman–Crippen LogP) is 4.58. The topological polar surface area (TPSA) is 46.4 Å². The van der Waals surface area contributed by atoms with Gasteiger partial charge in [0.2, 0.25) is 0 Å². The molecule has 0 saturated heterocycles. The molecule has 0 unspecified atom stereocenters. The third kappa shape index (κ3) is 3.01. The van der Waals surface area contributed by atoms with Crippen LogP contribution < -0.4 is 5.32 Å². The number of fused-ring (bicyclic) bond motifs is 1. The number of nitrogens with one attached hydrogen (secondary N) is 1. The fraction of sp³-hybridized carbons (Fsp3) is 0.222. The summed E-state index contributed by atoms with van der Waals surface area (Å²) in [6, 6.07) is 8.00. The Bertz CT molecular complexity index is 907. The zero-order valence-corrected chi connectivity index (χ0v) is 15.2. The molecule has 3 aromatic rings. The van der Waals surface area contributed by atoms with Crippen molar-refractivity contribution >= 4 is 33.2 Å². The van der Waals surface area contributed by atoms with Crippen LogP contribution in [0.5, 0.6) is 0 Å². The van der Waals surface area contributed by atoms with E-state index in [1.165, 1.54) is 0 Å². The van der Waals surface area contributed by atoms with E-state index in [0.717, 1.165) is 32.5 Å². The van der Waals surface area contributed by atoms with Crippen LogP contribution in [0.15, 0.2) is 34.9 Å². The van der Waals surface area contributed by atoms with Crippen molar-refractivity contribution in [2.24, 2.45) is 0 Å². The molecule has 0 saturated carbocycles. The Morgan fingerprint density at radius 1 is 1.04 bits per heavy atom. The average molecular weight is 372 g/mol. The maximum absolute atomic E-state index is 12.8. The molecule has 1 aromatic carbocycles. The minimum Gasteiger partial charge on any atom is -0.321 e. The number of pyridine rings is 1. The van der Waals surface area contributed by atoms with E-state index in [4.69, 9.17) is 0 Å². The zero-order valence-electron chi connectivity index (χ0n) is 13.6. The number of anilines is 1. The van der Waals surface area contributed by atoms with Crippen LogP contribution in [0.2, 0.25) is 0 Å². The van der Waals surface area contributed by atoms with Crippen molar-refractivity contribution in [3.63, 3.8) is 0 Å². The third-order valence-corrected chi connectivity index (χ3v) is 4.26. The zero-order chi connectivity index (χ0) is 16.7. The first-order valence-corrected chi connectivity index (χ1v) is 8.19. The molecule has 1 amide bonds. The Hall–Kier alpha value is -2.14. The van der Waals surface area contributed by atoms with Crippen LogP contribution in [0, 0.1) is 27.7 Å². The summed E-state index contributed by atoms with van der Waals surface area (Å²) in [6.07, 6.45) is 1.93. The Morgan fingerprint density at radius 2 is 1.70 bits per heavy atom. The van der Waals surface area contributed by atoms with Crippen LogP contribution >= 0.6 is 15.9 Å². The number of carbonyl (C=O) groups excluding carboxylic acids is 1. The molecule has 4 nitrogen and oxygen atoms in total. The van der Waals surface area contributed by atoms with Gasteiger partial charge in [-0.3, -0.25) is 9.20 Å². The minimum atomic E-state index is -0.155. The van der Waals surface area contributed by atoms with Gasteiger partial charge in [-0.25, -0.2) is 4.98 Å². The van der Waals surface area contributed by atoms with Gasteiger partial charge in [0.1, 0.15) is 5.69 Å². The number of hydrogen-bond acceptors (Lipinski definition) is 2. The van der Waals surface area contributed by atoms with Gasteiger partial charge in [0.15, 0.2) is 5.65 Å². The van der Waals surface area contributed by atoms with Gasteiger partial charge in [-0.1, -0.05) is 6.07 Å². The molecule has 0 aliphatic rings. The first-order chi connectivity index (χ1) is 10.8. The van der Waals surface area contributed by atoms with E-state index >= 15 is 0 Å². The first-order valence-electron chi connectivity index (χ1n) is 7.39. The largest absolute Gasteiger partial charge is 0.321 e. The summed E-state index contributed by atoms with van der Waals surface area (Å²) < 4.78 is 2.72. The third-order valence-electron chi connectivity index (χ3n) is 3.68. The number of aromatic nitrogens is 2. The highest BCUT2D eigenvalue weighted by Crippen LogP contribution is 2.23. The number of rotatable bonds is 2. The second-order valence-corrected chi connectivity index (χ2v) is 6.79. The average Bonchev–Trinajstić information content (AvgIpc) is 2.74. The fourth-order valence-electron chi connectivity index (χ4n) is 2.86. The number of hydrogen-bond donors (Lipinski definition) is 1. The quantitative estimate of drug-likeness (QED) is 0.716. The van der Waals surface area contributed by atoms with Crippen LogP contribution in [0.1, 0.15) is 32.9 Å². The van der Waals surface area contributed by atoms with Crippen molar-refractivity contribution in [3.05, 3.63) is 63.0 Å². The summed E-state index contributed by atoms with van der Waals surface area (Å²) in [5.74, 6) is -0.155. The highest BCUT2D eigenvalue weighted by molar-refractivity contribution is 9.10. The molecule has 118 valence electrons. The smallest absolute Gasteiger partial charge is 0.274 e. The fourth-order valence-corrected chi connectivity index (χ4v) is 3.50. The normalized spacial score (nSPS) is 11.0. The van der Waals surface area contributed by atoms with Crippen molar-refractivity contribution in [1.82, 2.24) is 9.38 Å². The molecule has 0 atom stereocenters. The monoisotopic (exact) mass is 371 g/mol. The molecule has 2 aromatic heterocycles. The van der Waals surface area contributed by atoms with E-state index in [9.17, 15) is 4.79 Å². The summed E-state index contributed by atoms with van der Waals surface area (Å²) in [5, 5.41) is 2.98. The Balaban J connectivity index is 2.05. The first kappa shape index (κ1) is 15.7. The van der Waals surface area contributed by atoms with E-state index in [2.05, 4.69) is 32.3 Å². The van der Waals surface area contributed by atoms with E-state index in [1.54, 1.807) is 0 Å². The molecule has 23 heavy (non-hydrogen) atoms. The number of aryl methyl sites for hydroxylation is 4. The number of nitrogens with zero attached hydrogens (tertiary/aromatic N) is 2. The second kappa shape index (κ2) is 5.81. The predicted molar refractivity (Wildman–Crippen MR) is 96.2 cm³/mol. The Kier molecular flexibility index (Phi) is 3.98. The highest BCUT2D eigenvalue weighted by atomic mass is 79.9. The summed E-state index contributed by atoms with van der Waals surface area (Å²) in [5.41, 5.74) is 6.11. The molecule has 0 bridgehead atoms. The summed E-state index contributed by atoms with van der Waals surface area (Å²) in [4.78, 5) is 17.3. The van der Waals surface area contributed by atoms with Gasteiger partial charge in [0.25, 0.3) is 5.91 Å². The summed E-state index contributed by atoms with van der Waals surface area (Å²) >= 11 is 3.52. The molecule has 0 spiro atoms. The molecule has 0 aliphatic heterocycles. The summed E-state index contributed by atoms with van der Waals surface area (Å²) in [6.45, 7) is 7.88. The van der Waals surface area contributed by atoms with E-state index in [0.29, 0.717) is 11.4 Å². The Morgan fingerprint density at radius 3 is 2.35 bits per heavy atom. The second-order valence-electron chi connectivity index (χ2n) is 5.94. The van der Waals surface area contributed by atoms with E-state index in [1.807, 2.05) is 56.5 Å². The molecule has 3 rings (SSSR count). The van der Waals surface area contributed by atoms with Gasteiger partial charge >= 0.3 is 0 Å². The molecule has 0 aliphatic carbocycles. The molecule has 0 fully saturated rings. The van der Waals surface area contributed by atoms with Gasteiger partial charge in [0.05, 0.1) is 10.2 Å².